The van der Waals surface area contributed by atoms with Gasteiger partial charge in [-0.2, -0.15) is 0 Å². The molecule has 0 bridgehead atoms. The molecule has 0 aliphatic carbocycles. The van der Waals surface area contributed by atoms with Crippen molar-refractivity contribution >= 4 is 22.3 Å². The summed E-state index contributed by atoms with van der Waals surface area (Å²) in [6, 6.07) is 1.72. The number of nitrogens with zero attached hydrogens (tertiary/aromatic N) is 1. The van der Waals surface area contributed by atoms with Gasteiger partial charge in [-0.15, -0.1) is 11.3 Å². The molecule has 1 heterocycles. The second-order valence-corrected chi connectivity index (χ2v) is 5.50. The first-order valence-corrected chi connectivity index (χ1v) is 6.27. The van der Waals surface area contributed by atoms with Crippen LogP contribution in [0.5, 0.6) is 0 Å². The maximum Gasteiger partial charge on any atom is 0.340 e. The lowest BCUT2D eigenvalue weighted by Crippen LogP contribution is -2.11. The molecule has 1 aromatic heterocycles. The van der Waals surface area contributed by atoms with Gasteiger partial charge >= 0.3 is 5.97 Å². The number of rotatable bonds is 4. The van der Waals surface area contributed by atoms with Gasteiger partial charge in [0.1, 0.15) is 5.00 Å². The first-order chi connectivity index (χ1) is 7.88. The molecule has 0 saturated carbocycles. The third-order valence-electron chi connectivity index (χ3n) is 2.47. The van der Waals surface area contributed by atoms with Crippen molar-refractivity contribution in [3.8, 4) is 0 Å². The molecule has 0 amide bonds. The van der Waals surface area contributed by atoms with E-state index in [1.54, 1.807) is 6.07 Å². The fraction of sp³-hybridized carbons (Fsp3) is 0.583. The van der Waals surface area contributed by atoms with E-state index >= 15 is 0 Å². The summed E-state index contributed by atoms with van der Waals surface area (Å²) < 4.78 is 4.74. The fourth-order valence-electron chi connectivity index (χ4n) is 1.46. The van der Waals surface area contributed by atoms with E-state index in [4.69, 9.17) is 4.74 Å². The second kappa shape index (κ2) is 5.51. The van der Waals surface area contributed by atoms with Gasteiger partial charge in [-0.3, -0.25) is 0 Å². The average molecular weight is 257 g/mol. The van der Waals surface area contributed by atoms with Crippen LogP contribution < -0.4 is 4.90 Å². The van der Waals surface area contributed by atoms with Gasteiger partial charge in [0.25, 0.3) is 0 Å². The maximum absolute atomic E-state index is 11.6. The Hall–Kier alpha value is -1.07. The first-order valence-electron chi connectivity index (χ1n) is 5.46. The Morgan fingerprint density at radius 1 is 1.47 bits per heavy atom. The van der Waals surface area contributed by atoms with Gasteiger partial charge in [0, 0.05) is 19.0 Å². The van der Waals surface area contributed by atoms with Crippen LogP contribution >= 0.6 is 11.3 Å². The van der Waals surface area contributed by atoms with Crippen LogP contribution in [0, 0.1) is 5.92 Å². The highest BCUT2D eigenvalue weighted by Gasteiger charge is 2.22. The van der Waals surface area contributed by atoms with E-state index in [1.807, 2.05) is 32.8 Å². The predicted octanol–water partition coefficient (Wildman–Crippen LogP) is 2.29. The van der Waals surface area contributed by atoms with Crippen LogP contribution in [0.2, 0.25) is 0 Å². The van der Waals surface area contributed by atoms with Crippen LogP contribution in [0.25, 0.3) is 0 Å². The molecule has 1 N–H and O–H groups in total. The van der Waals surface area contributed by atoms with Gasteiger partial charge in [-0.1, -0.05) is 13.8 Å². The molecule has 0 aliphatic rings. The summed E-state index contributed by atoms with van der Waals surface area (Å²) in [5, 5.41) is 10.8. The largest absolute Gasteiger partial charge is 0.465 e. The number of esters is 1. The van der Waals surface area contributed by atoms with E-state index < -0.39 is 6.10 Å². The van der Waals surface area contributed by atoms with Crippen molar-refractivity contribution in [2.75, 3.05) is 26.1 Å². The zero-order valence-corrected chi connectivity index (χ0v) is 11.7. The van der Waals surface area contributed by atoms with Crippen LogP contribution in [0.15, 0.2) is 6.07 Å². The highest BCUT2D eigenvalue weighted by Crippen LogP contribution is 2.36. The standard InChI is InChI=1S/C12H19NO3S/c1-7(2)10(14)9-6-8(12(15)16-5)11(17-9)13(3)4/h6-7,10,14H,1-5H3/t10-/m1/s1. The van der Waals surface area contributed by atoms with Crippen molar-refractivity contribution < 1.29 is 14.6 Å². The summed E-state index contributed by atoms with van der Waals surface area (Å²) in [5.41, 5.74) is 0.511. The number of hydrogen-bond donors (Lipinski definition) is 1. The molecule has 1 rings (SSSR count). The van der Waals surface area contributed by atoms with Crippen LogP contribution in [0.3, 0.4) is 0 Å². The summed E-state index contributed by atoms with van der Waals surface area (Å²) >= 11 is 1.42. The highest BCUT2D eigenvalue weighted by atomic mass is 32.1. The lowest BCUT2D eigenvalue weighted by Gasteiger charge is -2.12. The van der Waals surface area contributed by atoms with Crippen LogP contribution in [0.4, 0.5) is 5.00 Å². The summed E-state index contributed by atoms with van der Waals surface area (Å²) in [6.07, 6.45) is -0.544. The normalized spacial score (nSPS) is 12.6. The summed E-state index contributed by atoms with van der Waals surface area (Å²) in [6.45, 7) is 3.88. The third kappa shape index (κ3) is 2.98. The minimum atomic E-state index is -0.544. The molecule has 1 atom stereocenters. The molecule has 0 fully saturated rings. The molecule has 96 valence electrons. The first kappa shape index (κ1) is 14.0. The highest BCUT2D eigenvalue weighted by molar-refractivity contribution is 7.16. The number of ether oxygens (including phenoxy) is 1. The number of methoxy groups -OCH3 is 1. The maximum atomic E-state index is 11.6. The SMILES string of the molecule is COC(=O)c1cc([C@H](O)C(C)C)sc1N(C)C. The smallest absolute Gasteiger partial charge is 0.340 e. The van der Waals surface area contributed by atoms with Gasteiger partial charge in [0.2, 0.25) is 0 Å². The van der Waals surface area contributed by atoms with Crippen molar-refractivity contribution in [2.45, 2.75) is 20.0 Å². The van der Waals surface area contributed by atoms with Crippen LogP contribution in [-0.4, -0.2) is 32.3 Å². The molecular weight excluding hydrogens is 238 g/mol. The van der Waals surface area contributed by atoms with Crippen molar-refractivity contribution in [3.05, 3.63) is 16.5 Å². The zero-order valence-electron chi connectivity index (χ0n) is 10.9. The number of aliphatic hydroxyl groups is 1. The van der Waals surface area contributed by atoms with Gasteiger partial charge in [0.15, 0.2) is 0 Å². The van der Waals surface area contributed by atoms with Crippen molar-refractivity contribution in [1.29, 1.82) is 0 Å². The molecule has 0 spiro atoms. The van der Waals surface area contributed by atoms with E-state index in [9.17, 15) is 9.90 Å². The topological polar surface area (TPSA) is 49.8 Å². The Bertz CT molecular complexity index is 398. The molecule has 0 aromatic carbocycles. The molecule has 0 unspecified atom stereocenters. The number of hydrogen-bond acceptors (Lipinski definition) is 5. The van der Waals surface area contributed by atoms with Gasteiger partial charge in [0.05, 0.1) is 18.8 Å². The number of carbonyl (C=O) groups excluding carboxylic acids is 1. The summed E-state index contributed by atoms with van der Waals surface area (Å²) in [5.74, 6) is -0.249. The van der Waals surface area contributed by atoms with E-state index in [2.05, 4.69) is 0 Å². The molecule has 0 aliphatic heterocycles. The quantitative estimate of drug-likeness (QED) is 0.841. The van der Waals surface area contributed by atoms with E-state index in [0.717, 1.165) is 9.88 Å². The van der Waals surface area contributed by atoms with E-state index in [0.29, 0.717) is 5.56 Å². The predicted molar refractivity (Wildman–Crippen MR) is 69.8 cm³/mol. The van der Waals surface area contributed by atoms with E-state index in [-0.39, 0.29) is 11.9 Å². The lowest BCUT2D eigenvalue weighted by molar-refractivity contribution is 0.0601. The average Bonchev–Trinajstić information content (AvgIpc) is 2.71. The van der Waals surface area contributed by atoms with Gasteiger partial charge in [-0.25, -0.2) is 4.79 Å². The van der Waals surface area contributed by atoms with Crippen LogP contribution in [-0.2, 0) is 4.74 Å². The zero-order chi connectivity index (χ0) is 13.2. The summed E-state index contributed by atoms with van der Waals surface area (Å²) in [4.78, 5) is 14.3. The minimum Gasteiger partial charge on any atom is -0.465 e. The second-order valence-electron chi connectivity index (χ2n) is 4.44. The van der Waals surface area contributed by atoms with E-state index in [1.165, 1.54) is 18.4 Å². The summed E-state index contributed by atoms with van der Waals surface area (Å²) in [7, 11) is 5.09. The third-order valence-corrected chi connectivity index (χ3v) is 3.84. The monoisotopic (exact) mass is 257 g/mol. The molecule has 4 nitrogen and oxygen atoms in total. The lowest BCUT2D eigenvalue weighted by atomic mass is 10.1. The Kier molecular flexibility index (Phi) is 4.54. The molecule has 0 saturated heterocycles. The Balaban J connectivity index is 3.17. The number of carbonyl (C=O) groups is 1. The Morgan fingerprint density at radius 3 is 2.47 bits per heavy atom. The van der Waals surface area contributed by atoms with Crippen molar-refractivity contribution in [1.82, 2.24) is 0 Å². The minimum absolute atomic E-state index is 0.120. The van der Waals surface area contributed by atoms with Crippen LogP contribution in [0.1, 0.15) is 35.2 Å². The number of aliphatic hydroxyl groups excluding tert-OH is 1. The molecule has 17 heavy (non-hydrogen) atoms. The fourth-order valence-corrected chi connectivity index (χ4v) is 2.69. The molecule has 5 heteroatoms. The molecule has 0 radical (unpaired) electrons. The van der Waals surface area contributed by atoms with Gasteiger partial charge < -0.3 is 14.7 Å². The van der Waals surface area contributed by atoms with Gasteiger partial charge in [-0.05, 0) is 12.0 Å². The number of thiophene rings is 1. The Morgan fingerprint density at radius 2 is 2.06 bits per heavy atom. The number of anilines is 1. The van der Waals surface area contributed by atoms with Crippen molar-refractivity contribution in [2.24, 2.45) is 5.92 Å². The molecule has 1 aromatic rings. The Labute approximate surface area is 106 Å². The van der Waals surface area contributed by atoms with Crippen molar-refractivity contribution in [3.63, 3.8) is 0 Å². The molecular formula is C12H19NO3S.